The first kappa shape index (κ1) is 24.1. The van der Waals surface area contributed by atoms with E-state index in [9.17, 15) is 13.6 Å². The van der Waals surface area contributed by atoms with Crippen molar-refractivity contribution in [2.45, 2.75) is 64.0 Å². The molecule has 1 saturated carbocycles. The molecule has 0 atom stereocenters. The van der Waals surface area contributed by atoms with Gasteiger partial charge in [-0.1, -0.05) is 23.5 Å². The van der Waals surface area contributed by atoms with Crippen molar-refractivity contribution in [3.05, 3.63) is 40.7 Å². The number of amides is 1. The highest BCUT2D eigenvalue weighted by Gasteiger charge is 2.27. The first-order valence-electron chi connectivity index (χ1n) is 12.2. The van der Waals surface area contributed by atoms with E-state index < -0.39 is 12.5 Å². The summed E-state index contributed by atoms with van der Waals surface area (Å²) in [6, 6.07) is 7.52. The third kappa shape index (κ3) is 6.16. The number of para-hydroxylation sites is 2. The molecule has 0 radical (unpaired) electrons. The highest BCUT2D eigenvalue weighted by Crippen LogP contribution is 2.32. The summed E-state index contributed by atoms with van der Waals surface area (Å²) in [4.78, 5) is 24.8. The molecule has 1 N–H and O–H groups in total. The molecular weight excluding hydrogens is 474 g/mol. The van der Waals surface area contributed by atoms with E-state index >= 15 is 0 Å². The number of fused-ring (bicyclic) bond motifs is 2. The molecule has 10 heteroatoms. The highest BCUT2D eigenvalue weighted by molar-refractivity contribution is 7.13. The zero-order valence-electron chi connectivity index (χ0n) is 19.8. The number of ether oxygens (including phenoxy) is 1. The Kier molecular flexibility index (Phi) is 7.02. The number of benzene rings is 1. The van der Waals surface area contributed by atoms with Crippen molar-refractivity contribution < 1.29 is 22.7 Å². The zero-order valence-corrected chi connectivity index (χ0v) is 20.6. The topological polar surface area (TPSA) is 80.5 Å². The van der Waals surface area contributed by atoms with Gasteiger partial charge in [-0.3, -0.25) is 9.69 Å². The van der Waals surface area contributed by atoms with Crippen molar-refractivity contribution in [2.75, 3.05) is 19.7 Å². The Morgan fingerprint density at radius 1 is 1.26 bits per heavy atom. The number of alkyl halides is 2. The Hall–Kier alpha value is -2.59. The van der Waals surface area contributed by atoms with Gasteiger partial charge in [0, 0.05) is 30.9 Å². The van der Waals surface area contributed by atoms with Crippen LogP contribution in [-0.4, -0.2) is 52.4 Å². The van der Waals surface area contributed by atoms with Gasteiger partial charge in [0.15, 0.2) is 12.2 Å². The number of hydrogen-bond donors (Lipinski definition) is 1. The molecular formula is C25H30F2N4O3S. The number of carbonyl (C=O) groups is 1. The lowest BCUT2D eigenvalue weighted by molar-refractivity contribution is -0.0230. The van der Waals surface area contributed by atoms with Crippen LogP contribution < -0.4 is 10.1 Å². The van der Waals surface area contributed by atoms with Crippen molar-refractivity contribution >= 4 is 28.3 Å². The Bertz CT molecular complexity index is 1130. The maximum Gasteiger partial charge on any atom is 0.307 e. The van der Waals surface area contributed by atoms with Crippen LogP contribution >= 0.6 is 11.3 Å². The molecule has 1 fully saturated rings. The number of oxazole rings is 1. The van der Waals surface area contributed by atoms with Gasteiger partial charge < -0.3 is 14.5 Å². The van der Waals surface area contributed by atoms with Gasteiger partial charge >= 0.3 is 5.91 Å². The maximum atomic E-state index is 13.1. The van der Waals surface area contributed by atoms with Crippen LogP contribution in [0.25, 0.3) is 11.1 Å². The van der Waals surface area contributed by atoms with Gasteiger partial charge in [-0.2, -0.15) is 0 Å². The smallest absolute Gasteiger partial charge is 0.307 e. The van der Waals surface area contributed by atoms with Gasteiger partial charge in [0.25, 0.3) is 17.0 Å². The minimum Gasteiger partial charge on any atom is -0.464 e. The van der Waals surface area contributed by atoms with E-state index in [-0.39, 0.29) is 17.8 Å². The Morgan fingerprint density at radius 2 is 2.06 bits per heavy atom. The fourth-order valence-corrected chi connectivity index (χ4v) is 5.75. The lowest BCUT2D eigenvalue weighted by Crippen LogP contribution is -2.38. The molecule has 2 aliphatic rings. The number of nitrogens with one attached hydrogen (secondary N) is 1. The quantitative estimate of drug-likeness (QED) is 0.462. The summed E-state index contributed by atoms with van der Waals surface area (Å²) in [6.45, 7) is 2.90. The number of carbonyl (C=O) groups excluding carboxylic acids is 1. The fourth-order valence-electron chi connectivity index (χ4n) is 4.85. The molecule has 0 bridgehead atoms. The highest BCUT2D eigenvalue weighted by atomic mass is 32.1. The maximum absolute atomic E-state index is 13.1. The van der Waals surface area contributed by atoms with Crippen molar-refractivity contribution in [3.63, 3.8) is 0 Å². The standard InChI is InChI=1S/C25H30F2N4O3S/c1-25(26,27)15-33-24-30-19-14-31(13-11-21(19)35-24)12-10-16-6-8-17(9-7-16)28-22(32)23-29-18-4-2-3-5-20(18)34-23/h2-5,16-17H,6-15H2,1H3,(H,28,32)/t16-,17-. The molecule has 3 aromatic rings. The first-order valence-corrected chi connectivity index (χ1v) is 13.0. The molecule has 5 rings (SSSR count). The summed E-state index contributed by atoms with van der Waals surface area (Å²) in [5, 5.41) is 3.43. The molecule has 0 spiro atoms. The van der Waals surface area contributed by atoms with Crippen LogP contribution in [0.1, 0.15) is 60.3 Å². The molecule has 1 amide bonds. The minimum absolute atomic E-state index is 0.122. The van der Waals surface area contributed by atoms with E-state index in [1.807, 2.05) is 24.3 Å². The van der Waals surface area contributed by atoms with Gasteiger partial charge in [-0.25, -0.2) is 18.7 Å². The van der Waals surface area contributed by atoms with E-state index in [2.05, 4.69) is 20.2 Å². The van der Waals surface area contributed by atoms with Crippen LogP contribution in [0.4, 0.5) is 8.78 Å². The van der Waals surface area contributed by atoms with Gasteiger partial charge in [0.2, 0.25) is 0 Å². The van der Waals surface area contributed by atoms with Crippen LogP contribution in [0, 0.1) is 5.92 Å². The van der Waals surface area contributed by atoms with Crippen LogP contribution in [0.2, 0.25) is 0 Å². The van der Waals surface area contributed by atoms with Crippen LogP contribution in [0.3, 0.4) is 0 Å². The van der Waals surface area contributed by atoms with Crippen LogP contribution in [-0.2, 0) is 13.0 Å². The summed E-state index contributed by atoms with van der Waals surface area (Å²) in [5.74, 6) is -2.35. The summed E-state index contributed by atoms with van der Waals surface area (Å²) in [6.07, 6.45) is 6.06. The molecule has 1 aromatic carbocycles. The van der Waals surface area contributed by atoms with E-state index in [0.29, 0.717) is 22.2 Å². The summed E-state index contributed by atoms with van der Waals surface area (Å²) >= 11 is 1.39. The zero-order chi connectivity index (χ0) is 24.4. The Morgan fingerprint density at radius 3 is 2.83 bits per heavy atom. The predicted octanol–water partition coefficient (Wildman–Crippen LogP) is 5.06. The fraction of sp³-hybridized carbons (Fsp3) is 0.560. The summed E-state index contributed by atoms with van der Waals surface area (Å²) < 4.78 is 36.9. The molecule has 0 saturated heterocycles. The minimum atomic E-state index is -2.86. The average Bonchev–Trinajstić information content (AvgIpc) is 3.45. The summed E-state index contributed by atoms with van der Waals surface area (Å²) in [5.41, 5.74) is 2.27. The largest absolute Gasteiger partial charge is 0.464 e. The normalized spacial score (nSPS) is 21.1. The van der Waals surface area contributed by atoms with Crippen molar-refractivity contribution in [1.29, 1.82) is 0 Å². The molecule has 1 aliphatic heterocycles. The van der Waals surface area contributed by atoms with E-state index in [0.717, 1.165) is 75.7 Å². The Labute approximate surface area is 206 Å². The second-order valence-electron chi connectivity index (χ2n) is 9.70. The summed E-state index contributed by atoms with van der Waals surface area (Å²) in [7, 11) is 0. The van der Waals surface area contributed by atoms with Gasteiger partial charge in [-0.15, -0.1) is 0 Å². The first-order chi connectivity index (χ1) is 16.8. The van der Waals surface area contributed by atoms with Crippen molar-refractivity contribution in [1.82, 2.24) is 20.2 Å². The molecule has 0 unspecified atom stereocenters. The molecule has 3 heterocycles. The third-order valence-electron chi connectivity index (χ3n) is 6.76. The SMILES string of the molecule is CC(F)(F)COc1nc2c(s1)CCN(CC[C@H]1CC[C@H](NC(=O)c3nc4ccccc4o3)CC1)C2. The van der Waals surface area contributed by atoms with E-state index in [1.165, 1.54) is 11.3 Å². The lowest BCUT2D eigenvalue weighted by atomic mass is 9.84. The van der Waals surface area contributed by atoms with Crippen molar-refractivity contribution in [2.24, 2.45) is 5.92 Å². The second kappa shape index (κ2) is 10.2. The number of rotatable bonds is 8. The number of aromatic nitrogens is 2. The molecule has 7 nitrogen and oxygen atoms in total. The van der Waals surface area contributed by atoms with Crippen LogP contribution in [0.5, 0.6) is 5.19 Å². The van der Waals surface area contributed by atoms with Crippen LogP contribution in [0.15, 0.2) is 28.7 Å². The molecule has 188 valence electrons. The molecule has 35 heavy (non-hydrogen) atoms. The van der Waals surface area contributed by atoms with E-state index in [4.69, 9.17) is 9.15 Å². The third-order valence-corrected chi connectivity index (χ3v) is 7.83. The molecule has 1 aliphatic carbocycles. The van der Waals surface area contributed by atoms with Gasteiger partial charge in [0.05, 0.1) is 5.69 Å². The second-order valence-corrected chi connectivity index (χ2v) is 10.7. The average molecular weight is 505 g/mol. The predicted molar refractivity (Wildman–Crippen MR) is 129 cm³/mol. The number of hydrogen-bond acceptors (Lipinski definition) is 7. The number of halogens is 2. The lowest BCUT2D eigenvalue weighted by Gasteiger charge is -2.31. The van der Waals surface area contributed by atoms with E-state index in [1.54, 1.807) is 0 Å². The monoisotopic (exact) mass is 504 g/mol. The Balaban J connectivity index is 1.04. The van der Waals surface area contributed by atoms with Gasteiger partial charge in [-0.05, 0) is 63.1 Å². The van der Waals surface area contributed by atoms with Crippen molar-refractivity contribution in [3.8, 4) is 5.19 Å². The number of thiazole rings is 1. The molecule has 2 aromatic heterocycles. The number of nitrogens with zero attached hydrogens (tertiary/aromatic N) is 3. The van der Waals surface area contributed by atoms with Gasteiger partial charge in [0.1, 0.15) is 5.52 Å².